The van der Waals surface area contributed by atoms with Gasteiger partial charge in [-0.25, -0.2) is 4.39 Å². The number of rotatable bonds is 2. The van der Waals surface area contributed by atoms with Crippen molar-refractivity contribution in [3.63, 3.8) is 0 Å². The summed E-state index contributed by atoms with van der Waals surface area (Å²) in [6, 6.07) is 4.01. The predicted molar refractivity (Wildman–Crippen MR) is 77.7 cm³/mol. The van der Waals surface area contributed by atoms with Gasteiger partial charge in [-0.15, -0.1) is 0 Å². The molecule has 1 aliphatic heterocycles. The summed E-state index contributed by atoms with van der Waals surface area (Å²) in [4.78, 5) is 2.30. The molecule has 1 aromatic rings. The molecule has 1 N–H and O–H groups in total. The molecule has 2 rings (SSSR count). The molecule has 0 amide bonds. The second kappa shape index (κ2) is 6.02. The molecule has 1 aliphatic rings. The third-order valence-corrected chi connectivity index (χ3v) is 4.16. The van der Waals surface area contributed by atoms with Crippen molar-refractivity contribution in [2.45, 2.75) is 32.7 Å². The van der Waals surface area contributed by atoms with Crippen LogP contribution in [0.4, 0.5) is 10.1 Å². The van der Waals surface area contributed by atoms with Gasteiger partial charge in [-0.3, -0.25) is 0 Å². The molecule has 0 aromatic heterocycles. The van der Waals surface area contributed by atoms with E-state index in [0.717, 1.165) is 43.7 Å². The minimum absolute atomic E-state index is 0.180. The van der Waals surface area contributed by atoms with Crippen LogP contribution in [0.5, 0.6) is 0 Å². The molecule has 0 aliphatic carbocycles. The first-order valence-electron chi connectivity index (χ1n) is 6.55. The van der Waals surface area contributed by atoms with Crippen molar-refractivity contribution in [3.05, 3.63) is 28.0 Å². The molecule has 1 saturated heterocycles. The van der Waals surface area contributed by atoms with Crippen LogP contribution in [0, 0.1) is 12.7 Å². The van der Waals surface area contributed by atoms with Crippen LogP contribution in [0.1, 0.15) is 25.3 Å². The van der Waals surface area contributed by atoms with Crippen LogP contribution in [0.2, 0.25) is 0 Å². The first-order chi connectivity index (χ1) is 8.61. The fraction of sp³-hybridized carbons (Fsp3) is 0.571. The highest BCUT2D eigenvalue weighted by Crippen LogP contribution is 2.27. The highest BCUT2D eigenvalue weighted by Gasteiger charge is 2.18. The van der Waals surface area contributed by atoms with Gasteiger partial charge in [0.25, 0.3) is 0 Å². The van der Waals surface area contributed by atoms with Crippen LogP contribution in [-0.2, 0) is 0 Å². The van der Waals surface area contributed by atoms with Crippen molar-refractivity contribution in [1.29, 1.82) is 0 Å². The average Bonchev–Trinajstić information content (AvgIpc) is 2.59. The minimum atomic E-state index is -0.180. The summed E-state index contributed by atoms with van der Waals surface area (Å²) in [7, 11) is 0. The first kappa shape index (κ1) is 13.8. The van der Waals surface area contributed by atoms with E-state index in [4.69, 9.17) is 0 Å². The largest absolute Gasteiger partial charge is 0.370 e. The second-order valence-corrected chi connectivity index (χ2v) is 5.77. The molecule has 1 aromatic carbocycles. The monoisotopic (exact) mass is 314 g/mol. The van der Waals surface area contributed by atoms with Crippen LogP contribution >= 0.6 is 15.9 Å². The number of benzene rings is 1. The zero-order valence-corrected chi connectivity index (χ0v) is 12.6. The molecule has 0 bridgehead atoms. The van der Waals surface area contributed by atoms with Crippen LogP contribution < -0.4 is 10.2 Å². The smallest absolute Gasteiger partial charge is 0.139 e. The van der Waals surface area contributed by atoms with Gasteiger partial charge in [0.05, 0.1) is 4.47 Å². The van der Waals surface area contributed by atoms with Crippen molar-refractivity contribution in [2.24, 2.45) is 0 Å². The summed E-state index contributed by atoms with van der Waals surface area (Å²) in [6.07, 6.45) is 2.21. The molecule has 0 saturated carbocycles. The molecule has 1 fully saturated rings. The Labute approximate surface area is 117 Å². The summed E-state index contributed by atoms with van der Waals surface area (Å²) in [5.41, 5.74) is 2.15. The zero-order chi connectivity index (χ0) is 13.1. The fourth-order valence-electron chi connectivity index (χ4n) is 2.47. The number of nitrogens with one attached hydrogen (secondary N) is 1. The molecule has 1 unspecified atom stereocenters. The number of halogens is 2. The molecule has 2 nitrogen and oxygen atoms in total. The Morgan fingerprint density at radius 1 is 1.50 bits per heavy atom. The van der Waals surface area contributed by atoms with Crippen molar-refractivity contribution in [2.75, 3.05) is 24.5 Å². The van der Waals surface area contributed by atoms with Gasteiger partial charge >= 0.3 is 0 Å². The Balaban J connectivity index is 2.26. The molecule has 0 radical (unpaired) electrons. The van der Waals surface area contributed by atoms with E-state index in [1.807, 2.05) is 13.0 Å². The number of hydrogen-bond donors (Lipinski definition) is 1. The van der Waals surface area contributed by atoms with Gasteiger partial charge in [-0.2, -0.15) is 0 Å². The lowest BCUT2D eigenvalue weighted by molar-refractivity contribution is 0.528. The summed E-state index contributed by atoms with van der Waals surface area (Å²) in [5, 5.41) is 3.53. The van der Waals surface area contributed by atoms with E-state index in [2.05, 4.69) is 33.1 Å². The maximum Gasteiger partial charge on any atom is 0.139 e. The van der Waals surface area contributed by atoms with Crippen molar-refractivity contribution in [3.8, 4) is 0 Å². The molecule has 4 heteroatoms. The number of nitrogens with zero attached hydrogens (tertiary/aromatic N) is 1. The van der Waals surface area contributed by atoms with Gasteiger partial charge in [0.1, 0.15) is 5.82 Å². The van der Waals surface area contributed by atoms with Gasteiger partial charge in [-0.05, 0) is 59.9 Å². The molecular formula is C14H20BrFN2. The zero-order valence-electron chi connectivity index (χ0n) is 11.0. The maximum atomic E-state index is 13.7. The van der Waals surface area contributed by atoms with E-state index in [1.165, 1.54) is 0 Å². The Kier molecular flexibility index (Phi) is 4.62. The van der Waals surface area contributed by atoms with Crippen LogP contribution in [-0.4, -0.2) is 25.7 Å². The van der Waals surface area contributed by atoms with Gasteiger partial charge in [0.15, 0.2) is 0 Å². The van der Waals surface area contributed by atoms with Crippen LogP contribution in [0.25, 0.3) is 0 Å². The van der Waals surface area contributed by atoms with Gasteiger partial charge < -0.3 is 10.2 Å². The van der Waals surface area contributed by atoms with Gasteiger partial charge in [0, 0.05) is 24.8 Å². The maximum absolute atomic E-state index is 13.7. The van der Waals surface area contributed by atoms with Gasteiger partial charge in [-0.1, -0.05) is 6.92 Å². The number of hydrogen-bond acceptors (Lipinski definition) is 2. The van der Waals surface area contributed by atoms with Crippen molar-refractivity contribution < 1.29 is 4.39 Å². The Morgan fingerprint density at radius 3 is 3.00 bits per heavy atom. The van der Waals surface area contributed by atoms with E-state index >= 15 is 0 Å². The summed E-state index contributed by atoms with van der Waals surface area (Å²) in [5.74, 6) is -0.180. The molecule has 100 valence electrons. The SMILES string of the molecule is CCC1CN(c2cc(F)c(Br)cc2C)CCCN1. The molecule has 18 heavy (non-hydrogen) atoms. The van der Waals surface area contributed by atoms with Crippen LogP contribution in [0.3, 0.4) is 0 Å². The molecule has 0 spiro atoms. The molecule has 1 atom stereocenters. The van der Waals surface area contributed by atoms with Gasteiger partial charge in [0.2, 0.25) is 0 Å². The lowest BCUT2D eigenvalue weighted by Gasteiger charge is -2.27. The van der Waals surface area contributed by atoms with E-state index < -0.39 is 0 Å². The standard InChI is InChI=1S/C14H20BrFN2/c1-3-11-9-18(6-4-5-17-11)14-8-13(16)12(15)7-10(14)2/h7-8,11,17H,3-6,9H2,1-2H3. The lowest BCUT2D eigenvalue weighted by atomic mass is 10.1. The Bertz CT molecular complexity index is 423. The summed E-state index contributed by atoms with van der Waals surface area (Å²) in [6.45, 7) is 7.23. The number of anilines is 1. The van der Waals surface area contributed by atoms with Crippen molar-refractivity contribution >= 4 is 21.6 Å². The molecular weight excluding hydrogens is 295 g/mol. The van der Waals surface area contributed by atoms with E-state index in [0.29, 0.717) is 10.5 Å². The Morgan fingerprint density at radius 2 is 2.28 bits per heavy atom. The normalized spacial score (nSPS) is 20.9. The second-order valence-electron chi connectivity index (χ2n) is 4.91. The summed E-state index contributed by atoms with van der Waals surface area (Å²) >= 11 is 3.24. The topological polar surface area (TPSA) is 15.3 Å². The average molecular weight is 315 g/mol. The highest BCUT2D eigenvalue weighted by molar-refractivity contribution is 9.10. The van der Waals surface area contributed by atoms with Crippen molar-refractivity contribution in [1.82, 2.24) is 5.32 Å². The fourth-order valence-corrected chi connectivity index (χ4v) is 2.92. The van der Waals surface area contributed by atoms with E-state index in [1.54, 1.807) is 6.07 Å². The quantitative estimate of drug-likeness (QED) is 0.899. The minimum Gasteiger partial charge on any atom is -0.370 e. The third kappa shape index (κ3) is 3.04. The van der Waals surface area contributed by atoms with Crippen LogP contribution in [0.15, 0.2) is 16.6 Å². The third-order valence-electron chi connectivity index (χ3n) is 3.55. The first-order valence-corrected chi connectivity index (χ1v) is 7.35. The summed E-state index contributed by atoms with van der Waals surface area (Å²) < 4.78 is 14.3. The van der Waals surface area contributed by atoms with E-state index in [-0.39, 0.29) is 5.82 Å². The number of aryl methyl sites for hydroxylation is 1. The highest BCUT2D eigenvalue weighted by atomic mass is 79.9. The predicted octanol–water partition coefficient (Wildman–Crippen LogP) is 3.47. The van der Waals surface area contributed by atoms with E-state index in [9.17, 15) is 4.39 Å². The molecule has 1 heterocycles. The Hall–Kier alpha value is -0.610. The lowest BCUT2D eigenvalue weighted by Crippen LogP contribution is -2.37.